The van der Waals surface area contributed by atoms with Crippen LogP contribution >= 0.6 is 11.8 Å². The highest BCUT2D eigenvalue weighted by molar-refractivity contribution is 7.99. The lowest BCUT2D eigenvalue weighted by Gasteiger charge is -2.18. The molecule has 1 aromatic heterocycles. The molecule has 6 nitrogen and oxygen atoms in total. The molecule has 0 atom stereocenters. The number of thioether (sulfide) groups is 1. The molecule has 1 aliphatic heterocycles. The number of fused-ring (bicyclic) bond motifs is 1. The third-order valence-electron chi connectivity index (χ3n) is 3.41. The van der Waals surface area contributed by atoms with Gasteiger partial charge in [-0.2, -0.15) is 0 Å². The van der Waals surface area contributed by atoms with Crippen molar-refractivity contribution in [2.24, 2.45) is 0 Å². The van der Waals surface area contributed by atoms with E-state index in [0.29, 0.717) is 42.0 Å². The molecule has 3 rings (SSSR count). The van der Waals surface area contributed by atoms with Crippen molar-refractivity contribution in [3.63, 3.8) is 0 Å². The topological polar surface area (TPSA) is 66.2 Å². The lowest BCUT2D eigenvalue weighted by molar-refractivity contribution is 0.102. The molecule has 0 saturated carbocycles. The van der Waals surface area contributed by atoms with Crippen LogP contribution in [0.2, 0.25) is 0 Å². The van der Waals surface area contributed by atoms with E-state index in [1.807, 2.05) is 11.5 Å². The number of ether oxygens (including phenoxy) is 2. The van der Waals surface area contributed by atoms with Crippen LogP contribution in [0.1, 0.15) is 16.2 Å². The molecule has 1 aromatic carbocycles. The van der Waals surface area contributed by atoms with Crippen molar-refractivity contribution in [3.05, 3.63) is 42.2 Å². The number of hydrogen-bond donors (Lipinski definition) is 0. The van der Waals surface area contributed by atoms with Crippen molar-refractivity contribution in [2.75, 3.05) is 19.0 Å². The van der Waals surface area contributed by atoms with E-state index in [2.05, 4.69) is 16.8 Å². The average Bonchev–Trinajstić information content (AvgIpc) is 2.93. The van der Waals surface area contributed by atoms with Gasteiger partial charge in [-0.25, -0.2) is 0 Å². The molecule has 23 heavy (non-hydrogen) atoms. The molecule has 0 unspecified atom stereocenters. The van der Waals surface area contributed by atoms with E-state index in [1.54, 1.807) is 24.3 Å². The van der Waals surface area contributed by atoms with Gasteiger partial charge in [0.05, 0.1) is 5.75 Å². The molecule has 120 valence electrons. The number of benzene rings is 1. The van der Waals surface area contributed by atoms with E-state index in [-0.39, 0.29) is 11.5 Å². The number of Topliss-reactive ketones (excluding diaryl/α,β-unsaturated/α-hetero) is 1. The summed E-state index contributed by atoms with van der Waals surface area (Å²) in [5.41, 5.74) is 0.605. The number of carbonyl (C=O) groups is 1. The molecule has 0 spiro atoms. The molecule has 0 aliphatic carbocycles. The Balaban J connectivity index is 1.69. The van der Waals surface area contributed by atoms with E-state index in [4.69, 9.17) is 9.47 Å². The number of nitrogens with zero attached hydrogens (tertiary/aromatic N) is 3. The average molecular weight is 331 g/mol. The van der Waals surface area contributed by atoms with Gasteiger partial charge in [0.1, 0.15) is 19.0 Å². The molecule has 1 aliphatic rings. The second-order valence-corrected chi connectivity index (χ2v) is 5.94. The minimum absolute atomic E-state index is 0.0118. The highest BCUT2D eigenvalue weighted by atomic mass is 32.2. The van der Waals surface area contributed by atoms with Gasteiger partial charge in [-0.05, 0) is 25.1 Å². The van der Waals surface area contributed by atoms with Crippen LogP contribution in [0.4, 0.5) is 0 Å². The lowest BCUT2D eigenvalue weighted by atomic mass is 10.1. The summed E-state index contributed by atoms with van der Waals surface area (Å²) in [5.74, 6) is 2.41. The molecule has 0 N–H and O–H groups in total. The van der Waals surface area contributed by atoms with Gasteiger partial charge in [-0.15, -0.1) is 16.8 Å². The second kappa shape index (κ2) is 6.87. The fourth-order valence-corrected chi connectivity index (χ4v) is 3.13. The Morgan fingerprint density at radius 1 is 1.35 bits per heavy atom. The predicted molar refractivity (Wildman–Crippen MR) is 87.4 cm³/mol. The third-order valence-corrected chi connectivity index (χ3v) is 4.38. The number of aromatic nitrogens is 3. The summed E-state index contributed by atoms with van der Waals surface area (Å²) in [4.78, 5) is 12.4. The minimum atomic E-state index is 0.0118. The first-order valence-electron chi connectivity index (χ1n) is 7.25. The smallest absolute Gasteiger partial charge is 0.191 e. The summed E-state index contributed by atoms with van der Waals surface area (Å²) in [6.07, 6.45) is 1.78. The minimum Gasteiger partial charge on any atom is -0.486 e. The molecular weight excluding hydrogens is 314 g/mol. The first-order valence-corrected chi connectivity index (χ1v) is 8.24. The van der Waals surface area contributed by atoms with Gasteiger partial charge < -0.3 is 14.0 Å². The highest BCUT2D eigenvalue weighted by Crippen LogP contribution is 2.31. The number of ketones is 1. The summed E-state index contributed by atoms with van der Waals surface area (Å²) >= 11 is 1.37. The summed E-state index contributed by atoms with van der Waals surface area (Å²) in [5, 5.41) is 8.86. The van der Waals surface area contributed by atoms with Crippen molar-refractivity contribution < 1.29 is 14.3 Å². The monoisotopic (exact) mass is 331 g/mol. The zero-order valence-electron chi connectivity index (χ0n) is 12.8. The SMILES string of the molecule is C=CCn1c(C)nnc1SCC(=O)c1ccc2c(c1)OCCO2. The summed E-state index contributed by atoms with van der Waals surface area (Å²) in [7, 11) is 0. The summed E-state index contributed by atoms with van der Waals surface area (Å²) in [6.45, 7) is 7.27. The van der Waals surface area contributed by atoms with Crippen LogP contribution in [0.15, 0.2) is 36.0 Å². The molecule has 0 radical (unpaired) electrons. The van der Waals surface area contributed by atoms with Gasteiger partial charge >= 0.3 is 0 Å². The second-order valence-electron chi connectivity index (χ2n) is 5.00. The molecule has 0 bridgehead atoms. The first-order chi connectivity index (χ1) is 11.2. The van der Waals surface area contributed by atoms with E-state index in [1.165, 1.54) is 11.8 Å². The molecule has 0 fully saturated rings. The van der Waals surface area contributed by atoms with Crippen LogP contribution in [-0.4, -0.2) is 39.5 Å². The Morgan fingerprint density at radius 2 is 2.13 bits per heavy atom. The van der Waals surface area contributed by atoms with Crippen LogP contribution in [0.3, 0.4) is 0 Å². The van der Waals surface area contributed by atoms with Crippen molar-refractivity contribution in [1.82, 2.24) is 14.8 Å². The molecule has 2 heterocycles. The standard InChI is InChI=1S/C16H17N3O3S/c1-3-6-19-11(2)17-18-16(19)23-10-13(20)12-4-5-14-15(9-12)22-8-7-21-14/h3-5,9H,1,6-8,10H2,2H3. The van der Waals surface area contributed by atoms with Gasteiger partial charge in [0.2, 0.25) is 0 Å². The highest BCUT2D eigenvalue weighted by Gasteiger charge is 2.16. The van der Waals surface area contributed by atoms with Crippen LogP contribution in [-0.2, 0) is 6.54 Å². The number of rotatable bonds is 6. The van der Waals surface area contributed by atoms with Crippen LogP contribution in [0.25, 0.3) is 0 Å². The maximum Gasteiger partial charge on any atom is 0.191 e. The van der Waals surface area contributed by atoms with Gasteiger partial charge in [-0.1, -0.05) is 17.8 Å². The Hall–Kier alpha value is -2.28. The lowest BCUT2D eigenvalue weighted by Crippen LogP contribution is -2.16. The van der Waals surface area contributed by atoms with Gasteiger partial charge in [-0.3, -0.25) is 4.79 Å². The molecule has 0 amide bonds. The largest absolute Gasteiger partial charge is 0.486 e. The fraction of sp³-hybridized carbons (Fsp3) is 0.312. The Bertz CT molecular complexity index is 742. The van der Waals surface area contributed by atoms with Crippen molar-refractivity contribution in [3.8, 4) is 11.5 Å². The Kier molecular flexibility index (Phi) is 4.66. The number of hydrogen-bond acceptors (Lipinski definition) is 6. The van der Waals surface area contributed by atoms with E-state index >= 15 is 0 Å². The zero-order valence-corrected chi connectivity index (χ0v) is 13.6. The van der Waals surface area contributed by atoms with Crippen LogP contribution < -0.4 is 9.47 Å². The number of aryl methyl sites for hydroxylation is 1. The number of allylic oxidation sites excluding steroid dienone is 1. The third kappa shape index (κ3) is 3.39. The molecular formula is C16H17N3O3S. The van der Waals surface area contributed by atoms with E-state index < -0.39 is 0 Å². The van der Waals surface area contributed by atoms with Crippen molar-refractivity contribution in [2.45, 2.75) is 18.6 Å². The molecule has 7 heteroatoms. The predicted octanol–water partition coefficient (Wildman–Crippen LogP) is 2.52. The summed E-state index contributed by atoms with van der Waals surface area (Å²) < 4.78 is 12.9. The maximum absolute atomic E-state index is 12.4. The van der Waals surface area contributed by atoms with Gasteiger partial charge in [0.15, 0.2) is 22.4 Å². The molecule has 0 saturated heterocycles. The zero-order chi connectivity index (χ0) is 16.2. The number of carbonyl (C=O) groups excluding carboxylic acids is 1. The van der Waals surface area contributed by atoms with E-state index in [9.17, 15) is 4.79 Å². The van der Waals surface area contributed by atoms with Crippen LogP contribution in [0.5, 0.6) is 11.5 Å². The van der Waals surface area contributed by atoms with Gasteiger partial charge in [0.25, 0.3) is 0 Å². The van der Waals surface area contributed by atoms with Crippen molar-refractivity contribution >= 4 is 17.5 Å². The molecule has 2 aromatic rings. The normalized spacial score (nSPS) is 12.9. The van der Waals surface area contributed by atoms with E-state index in [0.717, 1.165) is 5.82 Å². The Morgan fingerprint density at radius 3 is 2.91 bits per heavy atom. The Labute approximate surface area is 138 Å². The maximum atomic E-state index is 12.4. The van der Waals surface area contributed by atoms with Crippen molar-refractivity contribution in [1.29, 1.82) is 0 Å². The van der Waals surface area contributed by atoms with Crippen LogP contribution in [0, 0.1) is 6.92 Å². The summed E-state index contributed by atoms with van der Waals surface area (Å²) in [6, 6.07) is 5.27. The first kappa shape index (κ1) is 15.6. The van der Waals surface area contributed by atoms with Gasteiger partial charge in [0, 0.05) is 12.1 Å². The fourth-order valence-electron chi connectivity index (χ4n) is 2.24. The quantitative estimate of drug-likeness (QED) is 0.460.